The summed E-state index contributed by atoms with van der Waals surface area (Å²) in [6.45, 7) is 11.4. The molecule has 0 aromatic heterocycles. The third-order valence-corrected chi connectivity index (χ3v) is 7.82. The van der Waals surface area contributed by atoms with E-state index in [1.54, 1.807) is 11.8 Å². The molecular weight excluding hydrogens is 564 g/mol. The standard InChI is InChI=1S/C31H58O7S.4CH4/c1-6-7-8-9-10-11-12-13-14-15-16-17-18-19-20-21-22-35-30(34)31(4,5)26-39-24-23-37-38-28(32)25-36-29(33)27(2)3;;;;/h28,32H,2,6-26H2,1,3-5H3;4*1H4. The van der Waals surface area contributed by atoms with Gasteiger partial charge in [0.05, 0.1) is 18.6 Å². The lowest BCUT2D eigenvalue weighted by Gasteiger charge is -2.22. The molecule has 7 nitrogen and oxygen atoms in total. The highest BCUT2D eigenvalue weighted by Gasteiger charge is 2.29. The molecule has 0 aromatic rings. The molecule has 262 valence electrons. The molecule has 0 spiro atoms. The molecule has 8 heteroatoms. The third-order valence-electron chi connectivity index (χ3n) is 6.44. The number of esters is 2. The van der Waals surface area contributed by atoms with Gasteiger partial charge in [0.25, 0.3) is 0 Å². The van der Waals surface area contributed by atoms with Crippen LogP contribution >= 0.6 is 11.8 Å². The van der Waals surface area contributed by atoms with E-state index in [1.165, 1.54) is 96.8 Å². The zero-order chi connectivity index (χ0) is 29.2. The fourth-order valence-electron chi connectivity index (χ4n) is 3.91. The number of aliphatic hydroxyl groups excluding tert-OH is 1. The number of rotatable bonds is 28. The van der Waals surface area contributed by atoms with E-state index in [-0.39, 0.29) is 54.5 Å². The van der Waals surface area contributed by atoms with Crippen LogP contribution in [0.1, 0.15) is 160 Å². The first-order valence-electron chi connectivity index (χ1n) is 15.2. The van der Waals surface area contributed by atoms with Gasteiger partial charge in [-0.25, -0.2) is 14.6 Å². The molecule has 0 bridgehead atoms. The van der Waals surface area contributed by atoms with Crippen LogP contribution in [0.4, 0.5) is 0 Å². The van der Waals surface area contributed by atoms with Crippen LogP contribution in [-0.2, 0) is 28.8 Å². The lowest BCUT2D eigenvalue weighted by atomic mass is 9.97. The van der Waals surface area contributed by atoms with E-state index in [2.05, 4.69) is 13.5 Å². The van der Waals surface area contributed by atoms with Crippen molar-refractivity contribution in [2.75, 3.05) is 31.3 Å². The van der Waals surface area contributed by atoms with Crippen LogP contribution in [0, 0.1) is 5.41 Å². The number of aliphatic hydroxyl groups is 1. The predicted molar refractivity (Wildman–Crippen MR) is 187 cm³/mol. The Morgan fingerprint density at radius 1 is 0.744 bits per heavy atom. The molecule has 0 aromatic carbocycles. The summed E-state index contributed by atoms with van der Waals surface area (Å²) in [4.78, 5) is 33.4. The minimum Gasteiger partial charge on any atom is -0.465 e. The van der Waals surface area contributed by atoms with Crippen molar-refractivity contribution in [1.82, 2.24) is 0 Å². The average molecular weight is 639 g/mol. The van der Waals surface area contributed by atoms with Gasteiger partial charge in [-0.1, -0.05) is 140 Å². The Labute approximate surface area is 272 Å². The molecule has 1 atom stereocenters. The summed E-state index contributed by atoms with van der Waals surface area (Å²) < 4.78 is 10.3. The molecule has 0 aliphatic rings. The summed E-state index contributed by atoms with van der Waals surface area (Å²) in [6.07, 6.45) is 19.8. The lowest BCUT2D eigenvalue weighted by Crippen LogP contribution is -2.29. The van der Waals surface area contributed by atoms with Crippen molar-refractivity contribution in [3.63, 3.8) is 0 Å². The van der Waals surface area contributed by atoms with Crippen molar-refractivity contribution in [2.24, 2.45) is 5.41 Å². The smallest absolute Gasteiger partial charge is 0.333 e. The van der Waals surface area contributed by atoms with Crippen LogP contribution in [0.5, 0.6) is 0 Å². The van der Waals surface area contributed by atoms with Gasteiger partial charge < -0.3 is 14.6 Å². The van der Waals surface area contributed by atoms with E-state index in [9.17, 15) is 14.7 Å². The second-order valence-electron chi connectivity index (χ2n) is 11.1. The maximum Gasteiger partial charge on any atom is 0.333 e. The van der Waals surface area contributed by atoms with Crippen LogP contribution < -0.4 is 0 Å². The third kappa shape index (κ3) is 33.6. The SMILES string of the molecule is C.C.C.C.C=C(C)C(=O)OCC(O)OOCCSCC(C)(C)C(=O)OCCCCCCCCCCCCCCCCCC. The quantitative estimate of drug-likeness (QED) is 0.0226. The number of carbonyl (C=O) groups excluding carboxylic acids is 2. The van der Waals surface area contributed by atoms with Crippen LogP contribution in [0.25, 0.3) is 0 Å². The van der Waals surface area contributed by atoms with E-state index in [0.717, 1.165) is 12.8 Å². The first-order valence-corrected chi connectivity index (χ1v) is 16.4. The topological polar surface area (TPSA) is 91.3 Å². The summed E-state index contributed by atoms with van der Waals surface area (Å²) in [6, 6.07) is 0. The van der Waals surface area contributed by atoms with Crippen molar-refractivity contribution in [3.8, 4) is 0 Å². The minimum atomic E-state index is -1.37. The monoisotopic (exact) mass is 639 g/mol. The highest BCUT2D eigenvalue weighted by Crippen LogP contribution is 2.24. The van der Waals surface area contributed by atoms with Crippen molar-refractivity contribution in [1.29, 1.82) is 0 Å². The Bertz CT molecular complexity index is 625. The highest BCUT2D eigenvalue weighted by atomic mass is 32.2. The van der Waals surface area contributed by atoms with E-state index in [1.807, 2.05) is 13.8 Å². The van der Waals surface area contributed by atoms with Crippen molar-refractivity contribution >= 4 is 23.7 Å². The van der Waals surface area contributed by atoms with E-state index >= 15 is 0 Å². The number of hydrogen-bond donors (Lipinski definition) is 1. The Kier molecular flexibility index (Phi) is 42.4. The van der Waals surface area contributed by atoms with Gasteiger partial charge in [-0.2, -0.15) is 11.8 Å². The Morgan fingerprint density at radius 2 is 1.19 bits per heavy atom. The van der Waals surface area contributed by atoms with Crippen molar-refractivity contribution < 1.29 is 33.9 Å². The van der Waals surface area contributed by atoms with Crippen LogP contribution in [0.2, 0.25) is 0 Å². The molecule has 0 radical (unpaired) electrons. The molecule has 0 saturated carbocycles. The van der Waals surface area contributed by atoms with Gasteiger partial charge in [0.1, 0.15) is 6.61 Å². The highest BCUT2D eigenvalue weighted by molar-refractivity contribution is 7.99. The molecule has 43 heavy (non-hydrogen) atoms. The zero-order valence-corrected chi connectivity index (χ0v) is 26.3. The largest absolute Gasteiger partial charge is 0.465 e. The summed E-state index contributed by atoms with van der Waals surface area (Å²) >= 11 is 1.54. The Hall–Kier alpha value is -1.09. The van der Waals surface area contributed by atoms with Gasteiger partial charge in [-0.05, 0) is 27.2 Å². The van der Waals surface area contributed by atoms with Crippen LogP contribution in [-0.4, -0.2) is 54.7 Å². The lowest BCUT2D eigenvalue weighted by molar-refractivity contribution is -0.371. The minimum absolute atomic E-state index is 0. The molecule has 0 aliphatic heterocycles. The van der Waals surface area contributed by atoms with Crippen molar-refractivity contribution in [3.05, 3.63) is 12.2 Å². The fourth-order valence-corrected chi connectivity index (χ4v) is 4.87. The number of thioether (sulfide) groups is 1. The number of ether oxygens (including phenoxy) is 2. The van der Waals surface area contributed by atoms with Gasteiger partial charge in [-0.15, -0.1) is 0 Å². The zero-order valence-electron chi connectivity index (χ0n) is 25.4. The molecule has 1 N–H and O–H groups in total. The first-order chi connectivity index (χ1) is 18.7. The molecule has 0 saturated heterocycles. The van der Waals surface area contributed by atoms with Gasteiger partial charge in [-0.3, -0.25) is 4.79 Å². The predicted octanol–water partition coefficient (Wildman–Crippen LogP) is 10.5. The fraction of sp³-hybridized carbons (Fsp3) is 0.886. The molecule has 1 unspecified atom stereocenters. The molecule has 0 rings (SSSR count). The normalized spacial score (nSPS) is 11.2. The van der Waals surface area contributed by atoms with Crippen LogP contribution in [0.15, 0.2) is 12.2 Å². The summed E-state index contributed by atoms with van der Waals surface area (Å²) in [5.41, 5.74) is -0.345. The molecule has 0 heterocycles. The number of carbonyl (C=O) groups is 2. The maximum atomic E-state index is 12.4. The number of unbranched alkanes of at least 4 members (excludes halogenated alkanes) is 15. The second-order valence-corrected chi connectivity index (χ2v) is 12.2. The molecule has 0 aliphatic carbocycles. The molecular formula is C35H74O7S. The van der Waals surface area contributed by atoms with Gasteiger partial charge in [0.2, 0.25) is 6.29 Å². The summed E-state index contributed by atoms with van der Waals surface area (Å²) in [5.74, 6) is 0.390. The van der Waals surface area contributed by atoms with E-state index in [0.29, 0.717) is 18.1 Å². The second kappa shape index (κ2) is 35.4. The number of hydrogen-bond acceptors (Lipinski definition) is 8. The van der Waals surface area contributed by atoms with Gasteiger partial charge in [0, 0.05) is 17.1 Å². The molecule has 0 amide bonds. The Morgan fingerprint density at radius 3 is 1.63 bits per heavy atom. The van der Waals surface area contributed by atoms with Crippen LogP contribution in [0.3, 0.4) is 0 Å². The first kappa shape index (κ1) is 51.5. The summed E-state index contributed by atoms with van der Waals surface area (Å²) in [7, 11) is 0. The van der Waals surface area contributed by atoms with Gasteiger partial charge in [0.15, 0.2) is 0 Å². The Balaban J connectivity index is -0.00000120. The summed E-state index contributed by atoms with van der Waals surface area (Å²) in [5, 5.41) is 9.56. The maximum absolute atomic E-state index is 12.4. The van der Waals surface area contributed by atoms with E-state index < -0.39 is 17.7 Å². The van der Waals surface area contributed by atoms with Gasteiger partial charge >= 0.3 is 11.9 Å². The van der Waals surface area contributed by atoms with E-state index in [4.69, 9.17) is 19.2 Å². The van der Waals surface area contributed by atoms with Crippen molar-refractivity contribution in [2.45, 2.75) is 166 Å². The average Bonchev–Trinajstić information content (AvgIpc) is 2.90. The molecule has 0 fully saturated rings.